The molecule has 3 aliphatic rings. The molecule has 0 aromatic rings. The Bertz CT molecular complexity index is 534. The van der Waals surface area contributed by atoms with Gasteiger partial charge in [-0.2, -0.15) is 0 Å². The van der Waals surface area contributed by atoms with Gasteiger partial charge in [0.1, 0.15) is 5.78 Å². The highest BCUT2D eigenvalue weighted by molar-refractivity contribution is 7.89. The van der Waals surface area contributed by atoms with E-state index in [9.17, 15) is 13.2 Å². The molecule has 1 N–H and O–H groups in total. The molecule has 120 valence electrons. The maximum absolute atomic E-state index is 12.6. The molecule has 0 spiro atoms. The summed E-state index contributed by atoms with van der Waals surface area (Å²) < 4.78 is 28.1. The fourth-order valence-electron chi connectivity index (χ4n) is 4.95. The van der Waals surface area contributed by atoms with Crippen LogP contribution >= 0.6 is 0 Å². The van der Waals surface area contributed by atoms with E-state index < -0.39 is 15.4 Å². The number of hydrogen-bond acceptors (Lipinski definition) is 3. The molecule has 0 aliphatic heterocycles. The number of ketones is 1. The van der Waals surface area contributed by atoms with E-state index >= 15 is 0 Å². The Morgan fingerprint density at radius 2 is 1.81 bits per heavy atom. The molecule has 0 amide bonds. The minimum atomic E-state index is -3.38. The molecule has 2 atom stereocenters. The van der Waals surface area contributed by atoms with Crippen LogP contribution < -0.4 is 4.72 Å². The summed E-state index contributed by atoms with van der Waals surface area (Å²) in [6.45, 7) is 4.18. The van der Waals surface area contributed by atoms with Crippen molar-refractivity contribution in [2.45, 2.75) is 71.3 Å². The van der Waals surface area contributed by atoms with E-state index in [2.05, 4.69) is 18.6 Å². The first-order valence-corrected chi connectivity index (χ1v) is 9.95. The zero-order valence-electron chi connectivity index (χ0n) is 13.2. The molecule has 3 fully saturated rings. The highest BCUT2D eigenvalue weighted by Gasteiger charge is 2.65. The van der Waals surface area contributed by atoms with E-state index in [0.29, 0.717) is 12.3 Å². The Hall–Kier alpha value is -0.420. The number of rotatable bonds is 4. The molecule has 0 aromatic carbocycles. The van der Waals surface area contributed by atoms with Gasteiger partial charge < -0.3 is 0 Å². The van der Waals surface area contributed by atoms with Crippen molar-refractivity contribution in [3.05, 3.63) is 0 Å². The normalized spacial score (nSPS) is 36.3. The van der Waals surface area contributed by atoms with Crippen molar-refractivity contribution in [3.63, 3.8) is 0 Å². The molecular formula is C16H27NO3S. The van der Waals surface area contributed by atoms with Crippen LogP contribution in [0.3, 0.4) is 0 Å². The highest BCUT2D eigenvalue weighted by Crippen LogP contribution is 2.64. The minimum absolute atomic E-state index is 0.00116. The van der Waals surface area contributed by atoms with Gasteiger partial charge in [-0.25, -0.2) is 13.1 Å². The van der Waals surface area contributed by atoms with E-state index in [1.807, 2.05) is 0 Å². The van der Waals surface area contributed by atoms with Crippen LogP contribution in [0.1, 0.15) is 65.2 Å². The molecule has 2 bridgehead atoms. The standard InChI is InChI=1S/C16H27NO3S/c1-15(2)12-8-9-16(15,14(18)10-12)11-21(19,20)17-13-6-4-3-5-7-13/h12-13,17H,3-11H2,1-2H3. The topological polar surface area (TPSA) is 63.2 Å². The Morgan fingerprint density at radius 3 is 2.33 bits per heavy atom. The fraction of sp³-hybridized carbons (Fsp3) is 0.938. The van der Waals surface area contributed by atoms with Crippen LogP contribution in [0.5, 0.6) is 0 Å². The van der Waals surface area contributed by atoms with Crippen molar-refractivity contribution >= 4 is 15.8 Å². The molecular weight excluding hydrogens is 286 g/mol. The molecule has 3 aliphatic carbocycles. The lowest BCUT2D eigenvalue weighted by Gasteiger charge is -2.36. The lowest BCUT2D eigenvalue weighted by atomic mass is 9.70. The van der Waals surface area contributed by atoms with Crippen LogP contribution in [0.25, 0.3) is 0 Å². The number of Topliss-reactive ketones (excluding diaryl/α,β-unsaturated/α-hetero) is 1. The van der Waals surface area contributed by atoms with Gasteiger partial charge in [0.15, 0.2) is 0 Å². The summed E-state index contributed by atoms with van der Waals surface area (Å²) in [6.07, 6.45) is 7.60. The van der Waals surface area contributed by atoms with Gasteiger partial charge >= 0.3 is 0 Å². The summed E-state index contributed by atoms with van der Waals surface area (Å²) in [4.78, 5) is 12.5. The first-order chi connectivity index (χ1) is 9.77. The third-order valence-corrected chi connectivity index (χ3v) is 8.09. The Balaban J connectivity index is 1.76. The van der Waals surface area contributed by atoms with Crippen LogP contribution in [0.2, 0.25) is 0 Å². The smallest absolute Gasteiger partial charge is 0.212 e. The number of hydrogen-bond donors (Lipinski definition) is 1. The monoisotopic (exact) mass is 313 g/mol. The molecule has 21 heavy (non-hydrogen) atoms. The van der Waals surface area contributed by atoms with Crippen LogP contribution in [0, 0.1) is 16.7 Å². The quantitative estimate of drug-likeness (QED) is 0.868. The fourth-order valence-corrected chi connectivity index (χ4v) is 7.10. The Labute approximate surface area is 128 Å². The first-order valence-electron chi connectivity index (χ1n) is 8.30. The van der Waals surface area contributed by atoms with E-state index in [1.165, 1.54) is 6.42 Å². The third-order valence-electron chi connectivity index (χ3n) is 6.53. The lowest BCUT2D eigenvalue weighted by molar-refractivity contribution is -0.128. The molecule has 0 radical (unpaired) electrons. The predicted octanol–water partition coefficient (Wildman–Crippen LogP) is 2.63. The summed E-state index contributed by atoms with van der Waals surface area (Å²) >= 11 is 0. The molecule has 3 rings (SSSR count). The van der Waals surface area contributed by atoms with Crippen LogP contribution in [0.4, 0.5) is 0 Å². The zero-order valence-corrected chi connectivity index (χ0v) is 14.0. The van der Waals surface area contributed by atoms with Crippen molar-refractivity contribution < 1.29 is 13.2 Å². The highest BCUT2D eigenvalue weighted by atomic mass is 32.2. The van der Waals surface area contributed by atoms with Gasteiger partial charge in [0.05, 0.1) is 5.75 Å². The second-order valence-electron chi connectivity index (χ2n) is 7.88. The minimum Gasteiger partial charge on any atom is -0.299 e. The summed E-state index contributed by atoms with van der Waals surface area (Å²) in [5, 5.41) is 0. The molecule has 0 aromatic heterocycles. The average Bonchev–Trinajstić information content (AvgIpc) is 2.72. The summed E-state index contributed by atoms with van der Waals surface area (Å²) in [5.41, 5.74) is -0.816. The Morgan fingerprint density at radius 1 is 1.14 bits per heavy atom. The van der Waals surface area contributed by atoms with Gasteiger partial charge in [-0.15, -0.1) is 0 Å². The molecule has 0 saturated heterocycles. The number of fused-ring (bicyclic) bond motifs is 2. The second kappa shape index (κ2) is 5.05. The van der Waals surface area contributed by atoms with Crippen molar-refractivity contribution in [2.24, 2.45) is 16.7 Å². The summed E-state index contributed by atoms with van der Waals surface area (Å²) in [7, 11) is -3.38. The number of nitrogens with one attached hydrogen (secondary N) is 1. The molecule has 4 nitrogen and oxygen atoms in total. The molecule has 0 heterocycles. The third kappa shape index (κ3) is 2.46. The lowest BCUT2D eigenvalue weighted by Crippen LogP contribution is -2.47. The molecule has 5 heteroatoms. The largest absolute Gasteiger partial charge is 0.299 e. The van der Waals surface area contributed by atoms with E-state index in [-0.39, 0.29) is 23.0 Å². The summed E-state index contributed by atoms with van der Waals surface area (Å²) in [6, 6.07) is 0.0805. The summed E-state index contributed by atoms with van der Waals surface area (Å²) in [5.74, 6) is 0.548. The predicted molar refractivity (Wildman–Crippen MR) is 82.4 cm³/mol. The zero-order chi connectivity index (χ0) is 15.3. The Kier molecular flexibility index (Phi) is 3.72. The maximum Gasteiger partial charge on any atom is 0.212 e. The van der Waals surface area contributed by atoms with Gasteiger partial charge in [0.25, 0.3) is 0 Å². The van der Waals surface area contributed by atoms with Crippen molar-refractivity contribution in [1.29, 1.82) is 0 Å². The van der Waals surface area contributed by atoms with E-state index in [0.717, 1.165) is 38.5 Å². The van der Waals surface area contributed by atoms with Gasteiger partial charge in [-0.3, -0.25) is 4.79 Å². The van der Waals surface area contributed by atoms with Crippen LogP contribution in [-0.2, 0) is 14.8 Å². The van der Waals surface area contributed by atoms with Crippen LogP contribution in [0.15, 0.2) is 0 Å². The van der Waals surface area contributed by atoms with Crippen molar-refractivity contribution in [1.82, 2.24) is 4.72 Å². The van der Waals surface area contributed by atoms with E-state index in [1.54, 1.807) is 0 Å². The van der Waals surface area contributed by atoms with Gasteiger partial charge in [0.2, 0.25) is 10.0 Å². The maximum atomic E-state index is 12.6. The number of carbonyl (C=O) groups is 1. The van der Waals surface area contributed by atoms with Crippen molar-refractivity contribution in [2.75, 3.05) is 5.75 Å². The SMILES string of the molecule is CC1(C)C2CCC1(CS(=O)(=O)NC1CCCCC1)C(=O)C2. The van der Waals surface area contributed by atoms with Gasteiger partial charge in [0, 0.05) is 17.9 Å². The average molecular weight is 313 g/mol. The van der Waals surface area contributed by atoms with Gasteiger partial charge in [-0.05, 0) is 37.0 Å². The molecule has 2 unspecified atom stereocenters. The number of sulfonamides is 1. The number of carbonyl (C=O) groups excluding carboxylic acids is 1. The van der Waals surface area contributed by atoms with Crippen molar-refractivity contribution in [3.8, 4) is 0 Å². The second-order valence-corrected chi connectivity index (χ2v) is 9.63. The van der Waals surface area contributed by atoms with Crippen LogP contribution in [-0.4, -0.2) is 26.0 Å². The molecule has 3 saturated carbocycles. The van der Waals surface area contributed by atoms with Gasteiger partial charge in [-0.1, -0.05) is 33.1 Å². The first kappa shape index (κ1) is 15.5. The van der Waals surface area contributed by atoms with E-state index in [4.69, 9.17) is 0 Å².